The topological polar surface area (TPSA) is 115 Å². The number of aromatic nitrogens is 2. The number of carbonyl (C=O) groups excluding carboxylic acids is 1. The van der Waals surface area contributed by atoms with E-state index in [9.17, 15) is 9.90 Å². The minimum atomic E-state index is -0.500. The molecule has 294 valence electrons. The summed E-state index contributed by atoms with van der Waals surface area (Å²) < 4.78 is 25.1. The zero-order chi connectivity index (χ0) is 39.6. The first-order valence-corrected chi connectivity index (χ1v) is 19.0. The first-order chi connectivity index (χ1) is 26.2. The molecule has 0 saturated carbocycles. The zero-order valence-corrected chi connectivity index (χ0v) is 33.4. The number of hydrogen-bond acceptors (Lipinski definition) is 9. The van der Waals surface area contributed by atoms with Gasteiger partial charge < -0.3 is 34.1 Å². The lowest BCUT2D eigenvalue weighted by Crippen LogP contribution is -2.45. The number of esters is 1. The number of imidazole rings is 1. The highest BCUT2D eigenvalue weighted by atomic mass is 16.6. The Morgan fingerprint density at radius 1 is 0.873 bits per heavy atom. The maximum absolute atomic E-state index is 12.6. The monoisotopic (exact) mass is 751 g/mol. The molecule has 0 spiro atoms. The molecule has 10 heteroatoms. The van der Waals surface area contributed by atoms with Gasteiger partial charge >= 0.3 is 5.97 Å². The van der Waals surface area contributed by atoms with Crippen LogP contribution in [0, 0.1) is 13.8 Å². The lowest BCUT2D eigenvalue weighted by atomic mass is 9.92. The van der Waals surface area contributed by atoms with Crippen molar-refractivity contribution in [1.82, 2.24) is 9.38 Å². The number of fused-ring (bicyclic) bond motifs is 1. The van der Waals surface area contributed by atoms with E-state index in [0.717, 1.165) is 82.0 Å². The van der Waals surface area contributed by atoms with E-state index < -0.39 is 5.60 Å². The molecule has 1 aliphatic heterocycles. The Balaban J connectivity index is 0.00000109. The SMILES string of the molecule is CC(C)(C)O.COC(=O)Cc1c(C)cc2nc(-c3cccc(-c4ccc(C)cc4O)c3)cn2c1N1CCC(C)(OCCOCCOCc2ccccc2)CC1. The van der Waals surface area contributed by atoms with Gasteiger partial charge in [0.1, 0.15) is 17.2 Å². The van der Waals surface area contributed by atoms with Gasteiger partial charge in [0.2, 0.25) is 0 Å². The second-order valence-corrected chi connectivity index (χ2v) is 15.4. The third kappa shape index (κ3) is 11.9. The number of pyridine rings is 1. The van der Waals surface area contributed by atoms with Crippen molar-refractivity contribution < 1.29 is 34.0 Å². The van der Waals surface area contributed by atoms with Crippen molar-refractivity contribution in [3.05, 3.63) is 107 Å². The Morgan fingerprint density at radius 2 is 1.55 bits per heavy atom. The number of hydrogen-bond donors (Lipinski definition) is 2. The zero-order valence-electron chi connectivity index (χ0n) is 33.4. The number of anilines is 1. The quantitative estimate of drug-likeness (QED) is 0.0859. The Bertz CT molecular complexity index is 2000. The highest BCUT2D eigenvalue weighted by Gasteiger charge is 2.33. The molecular weight excluding hydrogens is 695 g/mol. The standard InChI is InChI=1S/C41H47N3O6.C4H10O/c1-29-13-14-34(37(45)23-29)32-11-8-12-33(25-32)36-27-44-38(42-36)24-30(2)35(26-39(46)47-4)40(44)43-17-15-41(3,16-18-43)50-22-21-48-19-20-49-28-31-9-6-5-7-10-31;1-4(2,3)5/h5-14,23-25,27,45H,15-22,26,28H2,1-4H3;5H,1-3H3. The summed E-state index contributed by atoms with van der Waals surface area (Å²) in [6.45, 7) is 15.6. The number of aliphatic hydroxyl groups is 1. The van der Waals surface area contributed by atoms with E-state index in [1.54, 1.807) is 26.8 Å². The van der Waals surface area contributed by atoms with Gasteiger partial charge in [0.15, 0.2) is 0 Å². The van der Waals surface area contributed by atoms with E-state index in [0.29, 0.717) is 33.0 Å². The normalized spacial score (nSPS) is 14.1. The highest BCUT2D eigenvalue weighted by molar-refractivity contribution is 5.79. The maximum atomic E-state index is 12.6. The van der Waals surface area contributed by atoms with Crippen molar-refractivity contribution in [2.24, 2.45) is 0 Å². The first-order valence-electron chi connectivity index (χ1n) is 19.0. The predicted octanol–water partition coefficient (Wildman–Crippen LogP) is 8.09. The molecule has 0 atom stereocenters. The first kappa shape index (κ1) is 41.4. The molecule has 2 N–H and O–H groups in total. The molecule has 3 heterocycles. The lowest BCUT2D eigenvalue weighted by molar-refractivity contribution is -0.139. The number of piperidine rings is 1. The van der Waals surface area contributed by atoms with E-state index in [-0.39, 0.29) is 23.7 Å². The Morgan fingerprint density at radius 3 is 2.24 bits per heavy atom. The molecule has 0 unspecified atom stereocenters. The Hall–Kier alpha value is -4.74. The molecule has 0 aliphatic carbocycles. The highest BCUT2D eigenvalue weighted by Crippen LogP contribution is 2.36. The lowest BCUT2D eigenvalue weighted by Gasteiger charge is -2.41. The van der Waals surface area contributed by atoms with Gasteiger partial charge in [-0.3, -0.25) is 9.20 Å². The number of ether oxygens (including phenoxy) is 4. The van der Waals surface area contributed by atoms with Gasteiger partial charge in [-0.05, 0) is 94.8 Å². The van der Waals surface area contributed by atoms with Crippen LogP contribution in [-0.2, 0) is 36.8 Å². The second-order valence-electron chi connectivity index (χ2n) is 15.4. The average molecular weight is 752 g/mol. The number of phenolic OH excluding ortho intramolecular Hbond substituents is 1. The van der Waals surface area contributed by atoms with Crippen molar-refractivity contribution in [3.63, 3.8) is 0 Å². The Labute approximate surface area is 325 Å². The van der Waals surface area contributed by atoms with E-state index >= 15 is 0 Å². The van der Waals surface area contributed by atoms with Crippen molar-refractivity contribution in [1.29, 1.82) is 0 Å². The van der Waals surface area contributed by atoms with Crippen LogP contribution in [0.25, 0.3) is 28.0 Å². The summed E-state index contributed by atoms with van der Waals surface area (Å²) >= 11 is 0. The van der Waals surface area contributed by atoms with Crippen LogP contribution in [0.15, 0.2) is 85.1 Å². The van der Waals surface area contributed by atoms with Crippen molar-refractivity contribution in [3.8, 4) is 28.1 Å². The summed E-state index contributed by atoms with van der Waals surface area (Å²) in [6, 6.07) is 25.9. The van der Waals surface area contributed by atoms with Crippen LogP contribution in [-0.4, -0.2) is 83.4 Å². The molecule has 3 aromatic carbocycles. The fourth-order valence-electron chi connectivity index (χ4n) is 6.58. The minimum absolute atomic E-state index is 0.167. The molecule has 10 nitrogen and oxygen atoms in total. The Kier molecular flexibility index (Phi) is 14.1. The molecule has 1 saturated heterocycles. The number of aromatic hydroxyl groups is 1. The molecule has 2 aromatic heterocycles. The van der Waals surface area contributed by atoms with Crippen LogP contribution < -0.4 is 4.90 Å². The average Bonchev–Trinajstić information content (AvgIpc) is 3.57. The van der Waals surface area contributed by atoms with E-state index in [1.807, 2.05) is 74.6 Å². The summed E-state index contributed by atoms with van der Waals surface area (Å²) in [5.74, 6) is 0.924. The predicted molar refractivity (Wildman–Crippen MR) is 218 cm³/mol. The fraction of sp³-hybridized carbons (Fsp3) is 0.422. The van der Waals surface area contributed by atoms with Gasteiger partial charge in [-0.1, -0.05) is 60.7 Å². The molecule has 1 fully saturated rings. The smallest absolute Gasteiger partial charge is 0.310 e. The van der Waals surface area contributed by atoms with Gasteiger partial charge in [-0.2, -0.15) is 0 Å². The van der Waals surface area contributed by atoms with Gasteiger partial charge in [0, 0.05) is 36.0 Å². The van der Waals surface area contributed by atoms with Crippen LogP contribution in [0.3, 0.4) is 0 Å². The van der Waals surface area contributed by atoms with Crippen LogP contribution >= 0.6 is 0 Å². The molecule has 6 rings (SSSR count). The van der Waals surface area contributed by atoms with E-state index in [2.05, 4.69) is 34.4 Å². The molecule has 5 aromatic rings. The van der Waals surface area contributed by atoms with E-state index in [1.165, 1.54) is 7.11 Å². The van der Waals surface area contributed by atoms with Crippen LogP contribution in [0.1, 0.15) is 62.8 Å². The fourth-order valence-corrected chi connectivity index (χ4v) is 6.58. The number of nitrogens with zero attached hydrogens (tertiary/aromatic N) is 3. The molecule has 55 heavy (non-hydrogen) atoms. The molecule has 0 bridgehead atoms. The third-order valence-electron chi connectivity index (χ3n) is 9.51. The third-order valence-corrected chi connectivity index (χ3v) is 9.51. The van der Waals surface area contributed by atoms with Crippen LogP contribution in [0.2, 0.25) is 0 Å². The number of carbonyl (C=O) groups is 1. The summed E-state index contributed by atoms with van der Waals surface area (Å²) in [4.78, 5) is 20.0. The number of methoxy groups -OCH3 is 1. The second kappa shape index (κ2) is 18.7. The van der Waals surface area contributed by atoms with Crippen molar-refractivity contribution in [2.75, 3.05) is 51.5 Å². The van der Waals surface area contributed by atoms with Crippen LogP contribution in [0.4, 0.5) is 5.82 Å². The van der Waals surface area contributed by atoms with E-state index in [4.69, 9.17) is 29.0 Å². The minimum Gasteiger partial charge on any atom is -0.507 e. The van der Waals surface area contributed by atoms with Gasteiger partial charge in [0.05, 0.1) is 63.5 Å². The maximum Gasteiger partial charge on any atom is 0.310 e. The number of rotatable bonds is 14. The van der Waals surface area contributed by atoms with Gasteiger partial charge in [-0.25, -0.2) is 4.98 Å². The van der Waals surface area contributed by atoms with Crippen molar-refractivity contribution in [2.45, 2.75) is 78.6 Å². The largest absolute Gasteiger partial charge is 0.507 e. The van der Waals surface area contributed by atoms with Gasteiger partial charge in [-0.15, -0.1) is 0 Å². The molecule has 1 aliphatic rings. The molecular formula is C45H57N3O7. The van der Waals surface area contributed by atoms with Gasteiger partial charge in [0.25, 0.3) is 0 Å². The summed E-state index contributed by atoms with van der Waals surface area (Å²) in [7, 11) is 1.43. The number of phenols is 1. The summed E-state index contributed by atoms with van der Waals surface area (Å²) in [5, 5.41) is 19.2. The van der Waals surface area contributed by atoms with Crippen LogP contribution in [0.5, 0.6) is 5.75 Å². The number of aryl methyl sites for hydroxylation is 2. The molecule has 0 amide bonds. The number of benzene rings is 3. The summed E-state index contributed by atoms with van der Waals surface area (Å²) in [6.07, 6.45) is 3.86. The van der Waals surface area contributed by atoms with Crippen molar-refractivity contribution >= 4 is 17.4 Å². The summed E-state index contributed by atoms with van der Waals surface area (Å²) in [5.41, 5.74) is 7.53. The molecule has 0 radical (unpaired) electrons.